The van der Waals surface area contributed by atoms with Crippen molar-refractivity contribution >= 4 is 23.0 Å². The van der Waals surface area contributed by atoms with Crippen molar-refractivity contribution in [1.29, 1.82) is 0 Å². The summed E-state index contributed by atoms with van der Waals surface area (Å²) in [5.41, 5.74) is 0.628. The maximum Gasteiger partial charge on any atom is 0.110 e. The normalized spacial score (nSPS) is 44.1. The molecule has 0 amide bonds. The van der Waals surface area contributed by atoms with Gasteiger partial charge in [0, 0.05) is 19.1 Å². The quantitative estimate of drug-likeness (QED) is 0.711. The molecule has 3 rings (SSSR count). The van der Waals surface area contributed by atoms with Crippen LogP contribution in [0.25, 0.3) is 0 Å². The smallest absolute Gasteiger partial charge is 0.110 e. The fraction of sp³-hybridized carbons (Fsp3) is 1.00. The first-order valence-electron chi connectivity index (χ1n) is 6.91. The fourth-order valence-corrected chi connectivity index (χ4v) is 4.37. The number of hydrogen-bond donors (Lipinski definition) is 0. The van der Waals surface area contributed by atoms with E-state index in [9.17, 15) is 0 Å². The summed E-state index contributed by atoms with van der Waals surface area (Å²) in [5, 5.41) is 0. The SMILES string of the molecule is CN1CCC2(CCCN(C3CC(OI)C3)C2)C1. The lowest BCUT2D eigenvalue weighted by Crippen LogP contribution is -2.54. The van der Waals surface area contributed by atoms with Gasteiger partial charge in [0.2, 0.25) is 0 Å². The van der Waals surface area contributed by atoms with Gasteiger partial charge >= 0.3 is 0 Å². The average Bonchev–Trinajstić information content (AvgIpc) is 2.58. The second-order valence-electron chi connectivity index (χ2n) is 6.40. The Kier molecular flexibility index (Phi) is 3.67. The molecule has 1 spiro atoms. The van der Waals surface area contributed by atoms with Crippen LogP contribution in [0, 0.1) is 5.41 Å². The summed E-state index contributed by atoms with van der Waals surface area (Å²) >= 11 is 2.05. The molecular formula is C13H23IN2O. The minimum Gasteiger partial charge on any atom is -0.312 e. The molecule has 3 aliphatic rings. The predicted octanol–water partition coefficient (Wildman–Crippen LogP) is 2.30. The Morgan fingerprint density at radius 2 is 2.00 bits per heavy atom. The lowest BCUT2D eigenvalue weighted by Gasteiger charge is -2.48. The number of halogens is 1. The van der Waals surface area contributed by atoms with E-state index in [-0.39, 0.29) is 0 Å². The van der Waals surface area contributed by atoms with Crippen molar-refractivity contribution in [3.05, 3.63) is 0 Å². The summed E-state index contributed by atoms with van der Waals surface area (Å²) in [5.74, 6) is 0. The Morgan fingerprint density at radius 1 is 1.18 bits per heavy atom. The molecule has 1 atom stereocenters. The molecule has 2 heterocycles. The Labute approximate surface area is 119 Å². The predicted molar refractivity (Wildman–Crippen MR) is 77.3 cm³/mol. The van der Waals surface area contributed by atoms with Crippen molar-refractivity contribution in [1.82, 2.24) is 9.80 Å². The van der Waals surface area contributed by atoms with E-state index in [1.165, 1.54) is 58.3 Å². The van der Waals surface area contributed by atoms with E-state index in [2.05, 4.69) is 39.9 Å². The van der Waals surface area contributed by atoms with Crippen LogP contribution in [0.2, 0.25) is 0 Å². The molecule has 0 aromatic heterocycles. The molecule has 1 saturated carbocycles. The third-order valence-corrected chi connectivity index (χ3v) is 5.75. The van der Waals surface area contributed by atoms with Gasteiger partial charge in [-0.25, -0.2) is 0 Å². The average molecular weight is 350 g/mol. The van der Waals surface area contributed by atoms with E-state index >= 15 is 0 Å². The van der Waals surface area contributed by atoms with Gasteiger partial charge in [0.05, 0.1) is 6.10 Å². The Hall–Kier alpha value is 0.610. The molecule has 98 valence electrons. The van der Waals surface area contributed by atoms with Gasteiger partial charge in [-0.15, -0.1) is 0 Å². The van der Waals surface area contributed by atoms with Crippen LogP contribution < -0.4 is 0 Å². The summed E-state index contributed by atoms with van der Waals surface area (Å²) in [7, 11) is 2.27. The van der Waals surface area contributed by atoms with Crippen LogP contribution in [-0.2, 0) is 3.07 Å². The van der Waals surface area contributed by atoms with Gasteiger partial charge in [-0.1, -0.05) is 0 Å². The van der Waals surface area contributed by atoms with Gasteiger partial charge < -0.3 is 7.97 Å². The van der Waals surface area contributed by atoms with Crippen molar-refractivity contribution in [3.63, 3.8) is 0 Å². The van der Waals surface area contributed by atoms with Gasteiger partial charge in [-0.05, 0) is 57.7 Å². The van der Waals surface area contributed by atoms with Crippen LogP contribution in [0.3, 0.4) is 0 Å². The molecule has 2 saturated heterocycles. The largest absolute Gasteiger partial charge is 0.312 e. The Morgan fingerprint density at radius 3 is 2.65 bits per heavy atom. The molecule has 0 N–H and O–H groups in total. The topological polar surface area (TPSA) is 15.7 Å². The molecule has 1 unspecified atom stereocenters. The van der Waals surface area contributed by atoms with Crippen molar-refractivity contribution in [2.75, 3.05) is 33.2 Å². The molecule has 0 aromatic carbocycles. The molecule has 3 nitrogen and oxygen atoms in total. The van der Waals surface area contributed by atoms with E-state index in [0.29, 0.717) is 11.5 Å². The summed E-state index contributed by atoms with van der Waals surface area (Å²) < 4.78 is 5.38. The summed E-state index contributed by atoms with van der Waals surface area (Å²) in [6.45, 7) is 5.29. The highest BCUT2D eigenvalue weighted by Crippen LogP contribution is 2.41. The number of hydrogen-bond acceptors (Lipinski definition) is 3. The zero-order valence-corrected chi connectivity index (χ0v) is 12.9. The summed E-state index contributed by atoms with van der Waals surface area (Å²) in [6, 6.07) is 0.817. The van der Waals surface area contributed by atoms with E-state index in [1.807, 2.05) is 0 Å². The maximum absolute atomic E-state index is 5.38. The lowest BCUT2D eigenvalue weighted by molar-refractivity contribution is -0.00884. The Bertz CT molecular complexity index is 279. The van der Waals surface area contributed by atoms with Gasteiger partial charge in [0.15, 0.2) is 0 Å². The summed E-state index contributed by atoms with van der Waals surface area (Å²) in [6.07, 6.45) is 7.32. The first kappa shape index (κ1) is 12.6. The second-order valence-corrected chi connectivity index (χ2v) is 6.91. The maximum atomic E-state index is 5.38. The molecule has 1 aliphatic carbocycles. The molecule has 0 radical (unpaired) electrons. The highest BCUT2D eigenvalue weighted by Gasteiger charge is 2.44. The van der Waals surface area contributed by atoms with E-state index < -0.39 is 0 Å². The number of likely N-dealkylation sites (tertiary alicyclic amines) is 2. The van der Waals surface area contributed by atoms with E-state index in [1.54, 1.807) is 0 Å². The molecule has 3 fully saturated rings. The van der Waals surface area contributed by atoms with Gasteiger partial charge in [0.25, 0.3) is 0 Å². The first-order valence-corrected chi connectivity index (χ1v) is 7.79. The molecule has 4 heteroatoms. The molecule has 17 heavy (non-hydrogen) atoms. The molecule has 0 bridgehead atoms. The van der Waals surface area contributed by atoms with Crippen LogP contribution in [0.15, 0.2) is 0 Å². The highest BCUT2D eigenvalue weighted by atomic mass is 127. The first-order chi connectivity index (χ1) is 8.21. The van der Waals surface area contributed by atoms with Gasteiger partial charge in [0.1, 0.15) is 23.0 Å². The minimum atomic E-state index is 0.532. The lowest BCUT2D eigenvalue weighted by atomic mass is 9.77. The van der Waals surface area contributed by atoms with Gasteiger partial charge in [-0.3, -0.25) is 4.90 Å². The van der Waals surface area contributed by atoms with Crippen molar-refractivity contribution in [3.8, 4) is 0 Å². The van der Waals surface area contributed by atoms with E-state index in [0.717, 1.165) is 6.04 Å². The second kappa shape index (κ2) is 4.94. The molecule has 2 aliphatic heterocycles. The van der Waals surface area contributed by atoms with Crippen molar-refractivity contribution in [2.24, 2.45) is 5.41 Å². The molecule has 0 aromatic rings. The van der Waals surface area contributed by atoms with Crippen LogP contribution in [-0.4, -0.2) is 55.2 Å². The van der Waals surface area contributed by atoms with Crippen molar-refractivity contribution in [2.45, 2.75) is 44.2 Å². The number of piperidine rings is 1. The molecular weight excluding hydrogens is 327 g/mol. The van der Waals surface area contributed by atoms with Crippen LogP contribution in [0.1, 0.15) is 32.1 Å². The highest BCUT2D eigenvalue weighted by molar-refractivity contribution is 14.1. The number of rotatable bonds is 2. The Balaban J connectivity index is 1.57. The van der Waals surface area contributed by atoms with Crippen molar-refractivity contribution < 1.29 is 3.07 Å². The zero-order chi connectivity index (χ0) is 11.9. The minimum absolute atomic E-state index is 0.532. The fourth-order valence-electron chi connectivity index (χ4n) is 3.96. The number of nitrogens with zero attached hydrogens (tertiary/aromatic N) is 2. The summed E-state index contributed by atoms with van der Waals surface area (Å²) in [4.78, 5) is 5.27. The third-order valence-electron chi connectivity index (χ3n) is 5.03. The zero-order valence-electron chi connectivity index (χ0n) is 10.7. The van der Waals surface area contributed by atoms with Crippen LogP contribution >= 0.6 is 23.0 Å². The standard InChI is InChI=1S/C13H23IN2O/c1-15-6-4-13(9-15)3-2-5-16(10-13)11-7-12(8-11)17-14/h11-12H,2-10H2,1H3. The monoisotopic (exact) mass is 350 g/mol. The van der Waals surface area contributed by atoms with Gasteiger partial charge in [-0.2, -0.15) is 0 Å². The van der Waals surface area contributed by atoms with E-state index in [4.69, 9.17) is 3.07 Å². The third kappa shape index (κ3) is 2.51. The van der Waals surface area contributed by atoms with Crippen LogP contribution in [0.4, 0.5) is 0 Å². The van der Waals surface area contributed by atoms with Crippen LogP contribution in [0.5, 0.6) is 0 Å².